The van der Waals surface area contributed by atoms with Crippen LogP contribution in [-0.2, 0) is 14.3 Å². The van der Waals surface area contributed by atoms with Gasteiger partial charge in [0.25, 0.3) is 0 Å². The van der Waals surface area contributed by atoms with Gasteiger partial charge in [0.1, 0.15) is 5.78 Å². The maximum atomic E-state index is 11.7. The fraction of sp³-hybridized carbons (Fsp3) is 0.500. The zero-order chi connectivity index (χ0) is 11.7. The lowest BCUT2D eigenvalue weighted by atomic mass is 9.78. The third-order valence-corrected chi connectivity index (χ3v) is 3.69. The van der Waals surface area contributed by atoms with Crippen LogP contribution >= 0.6 is 0 Å². The van der Waals surface area contributed by atoms with E-state index in [1.54, 1.807) is 0 Å². The minimum Gasteiger partial charge on any atom is -0.347 e. The lowest BCUT2D eigenvalue weighted by molar-refractivity contribution is -0.192. The minimum absolute atomic E-state index is 0.0486. The van der Waals surface area contributed by atoms with E-state index in [-0.39, 0.29) is 5.92 Å². The fourth-order valence-corrected chi connectivity index (χ4v) is 2.85. The second kappa shape index (κ2) is 4.24. The van der Waals surface area contributed by atoms with Crippen molar-refractivity contribution in [2.75, 3.05) is 13.2 Å². The summed E-state index contributed by atoms with van der Waals surface area (Å²) in [6.07, 6.45) is 1.79. The van der Waals surface area contributed by atoms with Gasteiger partial charge in [-0.3, -0.25) is 4.79 Å². The highest BCUT2D eigenvalue weighted by atomic mass is 16.7. The fourth-order valence-electron chi connectivity index (χ4n) is 2.85. The summed E-state index contributed by atoms with van der Waals surface area (Å²) in [5.74, 6) is -0.189. The normalized spacial score (nSPS) is 27.5. The topological polar surface area (TPSA) is 35.5 Å². The maximum Gasteiger partial charge on any atom is 0.176 e. The maximum absolute atomic E-state index is 11.7. The first kappa shape index (κ1) is 10.9. The van der Waals surface area contributed by atoms with Gasteiger partial charge in [0.2, 0.25) is 0 Å². The van der Waals surface area contributed by atoms with Crippen LogP contribution in [0.25, 0.3) is 0 Å². The van der Waals surface area contributed by atoms with E-state index in [1.165, 1.54) is 0 Å². The monoisotopic (exact) mass is 232 g/mol. The molecule has 90 valence electrons. The predicted octanol–water partition coefficient (Wildman–Crippen LogP) is 2.27. The molecule has 0 amide bonds. The van der Waals surface area contributed by atoms with Gasteiger partial charge in [-0.05, 0) is 5.56 Å². The van der Waals surface area contributed by atoms with Gasteiger partial charge in [0.05, 0.1) is 13.2 Å². The van der Waals surface area contributed by atoms with E-state index >= 15 is 0 Å². The highest BCUT2D eigenvalue weighted by molar-refractivity contribution is 5.80. The molecule has 1 aromatic rings. The lowest BCUT2D eigenvalue weighted by Gasteiger charge is -2.38. The Hall–Kier alpha value is -1.19. The molecule has 3 heteroatoms. The third-order valence-electron chi connectivity index (χ3n) is 3.69. The number of Topliss-reactive ketones (excluding diaryl/α,β-unsaturated/α-hetero) is 1. The Labute approximate surface area is 101 Å². The number of benzene rings is 1. The van der Waals surface area contributed by atoms with Crippen molar-refractivity contribution in [3.8, 4) is 0 Å². The van der Waals surface area contributed by atoms with E-state index in [0.29, 0.717) is 38.3 Å². The van der Waals surface area contributed by atoms with Crippen molar-refractivity contribution >= 4 is 5.78 Å². The summed E-state index contributed by atoms with van der Waals surface area (Å²) in [7, 11) is 0. The average Bonchev–Trinajstić information content (AvgIpc) is 2.83. The Morgan fingerprint density at radius 1 is 1.12 bits per heavy atom. The minimum atomic E-state index is -0.546. The van der Waals surface area contributed by atoms with Gasteiger partial charge in [-0.1, -0.05) is 30.3 Å². The van der Waals surface area contributed by atoms with E-state index in [1.807, 2.05) is 18.2 Å². The summed E-state index contributed by atoms with van der Waals surface area (Å²) in [5, 5.41) is 0. The molecule has 1 spiro atoms. The van der Waals surface area contributed by atoms with E-state index in [4.69, 9.17) is 9.47 Å². The van der Waals surface area contributed by atoms with E-state index < -0.39 is 5.79 Å². The predicted molar refractivity (Wildman–Crippen MR) is 62.7 cm³/mol. The van der Waals surface area contributed by atoms with Gasteiger partial charge >= 0.3 is 0 Å². The molecule has 1 saturated carbocycles. The number of carbonyl (C=O) groups is 1. The van der Waals surface area contributed by atoms with E-state index in [2.05, 4.69) is 12.1 Å². The quantitative estimate of drug-likeness (QED) is 0.745. The van der Waals surface area contributed by atoms with Gasteiger partial charge in [0, 0.05) is 25.2 Å². The van der Waals surface area contributed by atoms with Crippen LogP contribution in [0.5, 0.6) is 0 Å². The van der Waals surface area contributed by atoms with Gasteiger partial charge in [-0.15, -0.1) is 0 Å². The number of hydrogen-bond donors (Lipinski definition) is 0. The molecular weight excluding hydrogens is 216 g/mol. The SMILES string of the molecule is O=C1CCC2(OCCO2)C(c2ccccc2)C1. The first-order valence-corrected chi connectivity index (χ1v) is 6.15. The van der Waals surface area contributed by atoms with Crippen LogP contribution in [0.4, 0.5) is 0 Å². The lowest BCUT2D eigenvalue weighted by Crippen LogP contribution is -2.42. The third kappa shape index (κ3) is 1.90. The molecule has 2 fully saturated rings. The highest BCUT2D eigenvalue weighted by Gasteiger charge is 2.48. The smallest absolute Gasteiger partial charge is 0.176 e. The van der Waals surface area contributed by atoms with Crippen LogP contribution in [0.3, 0.4) is 0 Å². The summed E-state index contributed by atoms with van der Waals surface area (Å²) >= 11 is 0. The number of ether oxygens (including phenoxy) is 2. The molecule has 2 aliphatic rings. The Morgan fingerprint density at radius 3 is 2.53 bits per heavy atom. The zero-order valence-corrected chi connectivity index (χ0v) is 9.72. The summed E-state index contributed by atoms with van der Waals surface area (Å²) in [6.45, 7) is 1.27. The molecule has 0 radical (unpaired) electrons. The van der Waals surface area contributed by atoms with Gasteiger partial charge < -0.3 is 9.47 Å². The second-order valence-corrected chi connectivity index (χ2v) is 4.71. The number of carbonyl (C=O) groups excluding carboxylic acids is 1. The zero-order valence-electron chi connectivity index (χ0n) is 9.72. The summed E-state index contributed by atoms with van der Waals surface area (Å²) < 4.78 is 11.6. The van der Waals surface area contributed by atoms with Crippen molar-refractivity contribution in [3.05, 3.63) is 35.9 Å². The van der Waals surface area contributed by atoms with Crippen molar-refractivity contribution in [1.82, 2.24) is 0 Å². The largest absolute Gasteiger partial charge is 0.347 e. The molecular formula is C14H16O3. The molecule has 1 unspecified atom stereocenters. The van der Waals surface area contributed by atoms with Crippen molar-refractivity contribution in [1.29, 1.82) is 0 Å². The van der Waals surface area contributed by atoms with Gasteiger partial charge in [0.15, 0.2) is 5.79 Å². The number of rotatable bonds is 1. The molecule has 3 rings (SSSR count). The number of ketones is 1. The van der Waals surface area contributed by atoms with Crippen molar-refractivity contribution < 1.29 is 14.3 Å². The molecule has 1 saturated heterocycles. The summed E-state index contributed by atoms with van der Waals surface area (Å²) in [5.41, 5.74) is 1.14. The Balaban J connectivity index is 1.95. The summed E-state index contributed by atoms with van der Waals surface area (Å²) in [4.78, 5) is 11.7. The average molecular weight is 232 g/mol. The molecule has 0 N–H and O–H groups in total. The van der Waals surface area contributed by atoms with Crippen LogP contribution < -0.4 is 0 Å². The molecule has 17 heavy (non-hydrogen) atoms. The molecule has 1 aromatic carbocycles. The summed E-state index contributed by atoms with van der Waals surface area (Å²) in [6, 6.07) is 10.1. The standard InChI is InChI=1S/C14H16O3/c15-12-6-7-14(16-8-9-17-14)13(10-12)11-4-2-1-3-5-11/h1-5,13H,6-10H2. The van der Waals surface area contributed by atoms with Crippen LogP contribution in [-0.4, -0.2) is 24.8 Å². The first-order chi connectivity index (χ1) is 8.30. The number of hydrogen-bond acceptors (Lipinski definition) is 3. The molecule has 0 bridgehead atoms. The molecule has 1 atom stereocenters. The molecule has 1 heterocycles. The molecule has 1 aliphatic carbocycles. The van der Waals surface area contributed by atoms with Gasteiger partial charge in [-0.25, -0.2) is 0 Å². The Bertz CT molecular complexity index is 407. The van der Waals surface area contributed by atoms with E-state index in [0.717, 1.165) is 5.56 Å². The van der Waals surface area contributed by atoms with Gasteiger partial charge in [-0.2, -0.15) is 0 Å². The van der Waals surface area contributed by atoms with E-state index in [9.17, 15) is 4.79 Å². The second-order valence-electron chi connectivity index (χ2n) is 4.71. The van der Waals surface area contributed by atoms with Crippen LogP contribution in [0, 0.1) is 0 Å². The van der Waals surface area contributed by atoms with Crippen molar-refractivity contribution in [3.63, 3.8) is 0 Å². The molecule has 1 aliphatic heterocycles. The first-order valence-electron chi connectivity index (χ1n) is 6.15. The molecule has 0 aromatic heterocycles. The Morgan fingerprint density at radius 2 is 1.82 bits per heavy atom. The Kier molecular flexibility index (Phi) is 2.73. The van der Waals surface area contributed by atoms with Crippen LogP contribution in [0.15, 0.2) is 30.3 Å². The van der Waals surface area contributed by atoms with Crippen molar-refractivity contribution in [2.45, 2.75) is 31.0 Å². The highest BCUT2D eigenvalue weighted by Crippen LogP contribution is 2.44. The van der Waals surface area contributed by atoms with Crippen LogP contribution in [0.1, 0.15) is 30.7 Å². The van der Waals surface area contributed by atoms with Crippen LogP contribution in [0.2, 0.25) is 0 Å². The molecule has 3 nitrogen and oxygen atoms in total. The van der Waals surface area contributed by atoms with Crippen molar-refractivity contribution in [2.24, 2.45) is 0 Å².